The minimum atomic E-state index is 0.0824. The number of carbonyl (C=O) groups excluding carboxylic acids is 1. The molecule has 0 radical (unpaired) electrons. The first-order valence-electron chi connectivity index (χ1n) is 5.13. The Balaban J connectivity index is 2.26. The Hall–Kier alpha value is -0.570. The Morgan fingerprint density at radius 3 is 2.85 bits per heavy atom. The molecule has 13 heavy (non-hydrogen) atoms. The van der Waals surface area contributed by atoms with E-state index in [2.05, 4.69) is 19.2 Å². The first kappa shape index (κ1) is 10.5. The fourth-order valence-corrected chi connectivity index (χ4v) is 1.50. The van der Waals surface area contributed by atoms with E-state index in [1.165, 1.54) is 6.42 Å². The van der Waals surface area contributed by atoms with E-state index < -0.39 is 0 Å². The second kappa shape index (κ2) is 4.61. The summed E-state index contributed by atoms with van der Waals surface area (Å²) in [6.07, 6.45) is 2.13. The number of likely N-dealkylation sites (N-methyl/N-ethyl adjacent to an activating group) is 1. The Kier molecular flexibility index (Phi) is 3.72. The number of amides is 1. The number of rotatable bonds is 4. The molecule has 1 N–H and O–H groups in total. The third-order valence-corrected chi connectivity index (χ3v) is 2.84. The van der Waals surface area contributed by atoms with E-state index >= 15 is 0 Å². The molecule has 1 amide bonds. The summed E-state index contributed by atoms with van der Waals surface area (Å²) in [7, 11) is 1.87. The second-order valence-corrected chi connectivity index (χ2v) is 4.02. The van der Waals surface area contributed by atoms with Crippen LogP contribution in [-0.4, -0.2) is 37.0 Å². The highest BCUT2D eigenvalue weighted by atomic mass is 16.2. The predicted octanol–water partition coefficient (Wildman–Crippen LogP) is 0.853. The van der Waals surface area contributed by atoms with Gasteiger partial charge in [-0.15, -0.1) is 0 Å². The van der Waals surface area contributed by atoms with Crippen LogP contribution in [0.25, 0.3) is 0 Å². The lowest BCUT2D eigenvalue weighted by atomic mass is 10.1. The summed E-state index contributed by atoms with van der Waals surface area (Å²) in [6.45, 7) is 6.24. The van der Waals surface area contributed by atoms with Crippen molar-refractivity contribution >= 4 is 5.91 Å². The molecule has 0 saturated carbocycles. The zero-order valence-electron chi connectivity index (χ0n) is 8.84. The number of nitrogens with zero attached hydrogens (tertiary/aromatic N) is 1. The van der Waals surface area contributed by atoms with E-state index in [1.807, 2.05) is 7.05 Å². The summed E-state index contributed by atoms with van der Waals surface area (Å²) >= 11 is 0. The Bertz CT molecular complexity index is 182. The number of hydrogen-bond donors (Lipinski definition) is 1. The van der Waals surface area contributed by atoms with Gasteiger partial charge in [0.1, 0.15) is 0 Å². The molecule has 0 aromatic rings. The van der Waals surface area contributed by atoms with Gasteiger partial charge in [-0.05, 0) is 18.9 Å². The molecule has 76 valence electrons. The molecular weight excluding hydrogens is 164 g/mol. The minimum Gasteiger partial charge on any atom is -0.344 e. The SMILES string of the molecule is CCC(C)CNC1CCN(C)C1=O. The largest absolute Gasteiger partial charge is 0.344 e. The molecule has 0 aromatic heterocycles. The van der Waals surface area contributed by atoms with Crippen LogP contribution in [0.3, 0.4) is 0 Å². The Labute approximate surface area is 80.5 Å². The van der Waals surface area contributed by atoms with E-state index in [1.54, 1.807) is 4.90 Å². The lowest BCUT2D eigenvalue weighted by Crippen LogP contribution is -2.38. The van der Waals surface area contributed by atoms with Crippen molar-refractivity contribution in [2.24, 2.45) is 5.92 Å². The molecule has 3 nitrogen and oxygen atoms in total. The maximum atomic E-state index is 11.5. The zero-order chi connectivity index (χ0) is 9.84. The molecule has 1 saturated heterocycles. The topological polar surface area (TPSA) is 32.3 Å². The van der Waals surface area contributed by atoms with Gasteiger partial charge in [-0.2, -0.15) is 0 Å². The molecule has 2 atom stereocenters. The molecule has 0 aliphatic carbocycles. The first-order chi connectivity index (χ1) is 6.15. The van der Waals surface area contributed by atoms with Crippen LogP contribution >= 0.6 is 0 Å². The highest BCUT2D eigenvalue weighted by molar-refractivity contribution is 5.83. The highest BCUT2D eigenvalue weighted by Gasteiger charge is 2.28. The van der Waals surface area contributed by atoms with E-state index in [-0.39, 0.29) is 11.9 Å². The average molecular weight is 184 g/mol. The normalized spacial score (nSPS) is 25.3. The van der Waals surface area contributed by atoms with E-state index in [4.69, 9.17) is 0 Å². The summed E-state index contributed by atoms with van der Waals surface area (Å²) in [5.74, 6) is 0.919. The van der Waals surface area contributed by atoms with Gasteiger partial charge in [0.2, 0.25) is 5.91 Å². The highest BCUT2D eigenvalue weighted by Crippen LogP contribution is 2.09. The minimum absolute atomic E-state index is 0.0824. The van der Waals surface area contributed by atoms with Gasteiger partial charge in [-0.1, -0.05) is 20.3 Å². The molecule has 1 aliphatic heterocycles. The van der Waals surface area contributed by atoms with Crippen LogP contribution in [0.5, 0.6) is 0 Å². The van der Waals surface area contributed by atoms with Gasteiger partial charge in [-0.3, -0.25) is 4.79 Å². The quantitative estimate of drug-likeness (QED) is 0.702. The lowest BCUT2D eigenvalue weighted by molar-refractivity contribution is -0.128. The maximum Gasteiger partial charge on any atom is 0.239 e. The third-order valence-electron chi connectivity index (χ3n) is 2.84. The first-order valence-corrected chi connectivity index (χ1v) is 5.13. The zero-order valence-corrected chi connectivity index (χ0v) is 8.84. The molecule has 1 aliphatic rings. The van der Waals surface area contributed by atoms with Crippen molar-refractivity contribution in [3.05, 3.63) is 0 Å². The van der Waals surface area contributed by atoms with E-state index in [9.17, 15) is 4.79 Å². The third kappa shape index (κ3) is 2.69. The van der Waals surface area contributed by atoms with Crippen LogP contribution in [0.15, 0.2) is 0 Å². The van der Waals surface area contributed by atoms with Crippen LogP contribution in [0.1, 0.15) is 26.7 Å². The molecular formula is C10H20N2O. The van der Waals surface area contributed by atoms with E-state index in [0.29, 0.717) is 5.92 Å². The summed E-state index contributed by atoms with van der Waals surface area (Å²) in [5.41, 5.74) is 0. The smallest absolute Gasteiger partial charge is 0.239 e. The maximum absolute atomic E-state index is 11.5. The Morgan fingerprint density at radius 2 is 2.38 bits per heavy atom. The molecule has 1 heterocycles. The van der Waals surface area contributed by atoms with Crippen LogP contribution in [0.4, 0.5) is 0 Å². The summed E-state index contributed by atoms with van der Waals surface area (Å²) < 4.78 is 0. The molecule has 3 heteroatoms. The van der Waals surface area contributed by atoms with Crippen molar-refractivity contribution in [1.29, 1.82) is 0 Å². The van der Waals surface area contributed by atoms with Crippen molar-refractivity contribution in [3.63, 3.8) is 0 Å². The Morgan fingerprint density at radius 1 is 1.69 bits per heavy atom. The fourth-order valence-electron chi connectivity index (χ4n) is 1.50. The molecule has 0 spiro atoms. The van der Waals surface area contributed by atoms with Crippen LogP contribution in [-0.2, 0) is 4.79 Å². The number of nitrogens with one attached hydrogen (secondary N) is 1. The van der Waals surface area contributed by atoms with Crippen LogP contribution in [0.2, 0.25) is 0 Å². The van der Waals surface area contributed by atoms with Gasteiger partial charge in [0.05, 0.1) is 6.04 Å². The van der Waals surface area contributed by atoms with Crippen LogP contribution < -0.4 is 5.32 Å². The van der Waals surface area contributed by atoms with Gasteiger partial charge in [0.15, 0.2) is 0 Å². The van der Waals surface area contributed by atoms with Gasteiger partial charge >= 0.3 is 0 Å². The van der Waals surface area contributed by atoms with Crippen molar-refractivity contribution in [2.45, 2.75) is 32.7 Å². The van der Waals surface area contributed by atoms with Crippen molar-refractivity contribution in [1.82, 2.24) is 10.2 Å². The van der Waals surface area contributed by atoms with Crippen molar-refractivity contribution in [3.8, 4) is 0 Å². The van der Waals surface area contributed by atoms with Gasteiger partial charge in [-0.25, -0.2) is 0 Å². The second-order valence-electron chi connectivity index (χ2n) is 4.02. The number of carbonyl (C=O) groups is 1. The number of hydrogen-bond acceptors (Lipinski definition) is 2. The van der Waals surface area contributed by atoms with Crippen molar-refractivity contribution in [2.75, 3.05) is 20.1 Å². The monoisotopic (exact) mass is 184 g/mol. The van der Waals surface area contributed by atoms with E-state index in [0.717, 1.165) is 19.5 Å². The summed E-state index contributed by atoms with van der Waals surface area (Å²) in [4.78, 5) is 13.3. The molecule has 1 fully saturated rings. The average Bonchev–Trinajstić information content (AvgIpc) is 2.44. The molecule has 0 bridgehead atoms. The predicted molar refractivity (Wildman–Crippen MR) is 53.5 cm³/mol. The summed E-state index contributed by atoms with van der Waals surface area (Å²) in [6, 6.07) is 0.0824. The molecule has 2 unspecified atom stereocenters. The van der Waals surface area contributed by atoms with Gasteiger partial charge in [0.25, 0.3) is 0 Å². The molecule has 0 aromatic carbocycles. The number of likely N-dealkylation sites (tertiary alicyclic amines) is 1. The van der Waals surface area contributed by atoms with Crippen LogP contribution in [0, 0.1) is 5.92 Å². The van der Waals surface area contributed by atoms with Gasteiger partial charge in [0, 0.05) is 13.6 Å². The lowest BCUT2D eigenvalue weighted by Gasteiger charge is -2.14. The standard InChI is InChI=1S/C10H20N2O/c1-4-8(2)7-11-9-5-6-12(3)10(9)13/h8-9,11H,4-7H2,1-3H3. The molecule has 1 rings (SSSR count). The fraction of sp³-hybridized carbons (Fsp3) is 0.900. The van der Waals surface area contributed by atoms with Gasteiger partial charge < -0.3 is 10.2 Å². The van der Waals surface area contributed by atoms with Crippen molar-refractivity contribution < 1.29 is 4.79 Å². The summed E-state index contributed by atoms with van der Waals surface area (Å²) in [5, 5.41) is 3.32.